The standard InChI is InChI=1S/C15H14N4OS2/c1-9-12(14-18-11(8-21-14)15(20)19(2)3)22-13(17-9)10-5-4-6-16-7-10/h4-8H,1-3H3. The molecule has 0 aliphatic heterocycles. The molecule has 0 saturated heterocycles. The maximum atomic E-state index is 12.0. The van der Waals surface area contributed by atoms with Crippen LogP contribution in [0.3, 0.4) is 0 Å². The predicted molar refractivity (Wildman–Crippen MR) is 89.2 cm³/mol. The SMILES string of the molecule is Cc1nc(-c2cccnc2)sc1-c1nc(C(=O)N(C)C)cs1. The van der Waals surface area contributed by atoms with Crippen molar-refractivity contribution in [3.63, 3.8) is 0 Å². The zero-order chi connectivity index (χ0) is 15.7. The fourth-order valence-electron chi connectivity index (χ4n) is 1.91. The van der Waals surface area contributed by atoms with Crippen molar-refractivity contribution in [1.82, 2.24) is 19.9 Å². The van der Waals surface area contributed by atoms with Gasteiger partial charge in [-0.15, -0.1) is 22.7 Å². The number of hydrogen-bond donors (Lipinski definition) is 0. The molecule has 0 saturated carbocycles. The molecule has 3 rings (SSSR count). The van der Waals surface area contributed by atoms with Gasteiger partial charge < -0.3 is 4.90 Å². The number of aromatic nitrogens is 3. The van der Waals surface area contributed by atoms with Gasteiger partial charge >= 0.3 is 0 Å². The Morgan fingerprint density at radius 3 is 2.73 bits per heavy atom. The van der Waals surface area contributed by atoms with E-state index < -0.39 is 0 Å². The van der Waals surface area contributed by atoms with Crippen LogP contribution in [-0.4, -0.2) is 39.9 Å². The zero-order valence-electron chi connectivity index (χ0n) is 12.4. The van der Waals surface area contributed by atoms with Crippen LogP contribution in [-0.2, 0) is 0 Å². The van der Waals surface area contributed by atoms with E-state index in [1.807, 2.05) is 19.1 Å². The molecule has 0 atom stereocenters. The third-order valence-corrected chi connectivity index (χ3v) is 5.23. The maximum Gasteiger partial charge on any atom is 0.272 e. The Morgan fingerprint density at radius 2 is 2.05 bits per heavy atom. The first kappa shape index (κ1) is 14.8. The predicted octanol–water partition coefficient (Wildman–Crippen LogP) is 3.34. The van der Waals surface area contributed by atoms with Crippen molar-refractivity contribution >= 4 is 28.6 Å². The molecular formula is C15H14N4OS2. The summed E-state index contributed by atoms with van der Waals surface area (Å²) in [7, 11) is 3.44. The third-order valence-electron chi connectivity index (χ3n) is 3.03. The van der Waals surface area contributed by atoms with Gasteiger partial charge in [-0.3, -0.25) is 9.78 Å². The molecular weight excluding hydrogens is 316 g/mol. The number of thiazole rings is 2. The van der Waals surface area contributed by atoms with Crippen LogP contribution < -0.4 is 0 Å². The smallest absolute Gasteiger partial charge is 0.272 e. The molecule has 0 bridgehead atoms. The van der Waals surface area contributed by atoms with Crippen molar-refractivity contribution in [2.45, 2.75) is 6.92 Å². The van der Waals surface area contributed by atoms with Gasteiger partial charge in [0.2, 0.25) is 0 Å². The van der Waals surface area contributed by atoms with Crippen molar-refractivity contribution in [3.05, 3.63) is 41.3 Å². The number of carbonyl (C=O) groups excluding carboxylic acids is 1. The van der Waals surface area contributed by atoms with Crippen molar-refractivity contribution < 1.29 is 4.79 Å². The molecule has 0 fully saturated rings. The lowest BCUT2D eigenvalue weighted by Gasteiger charge is -2.06. The maximum absolute atomic E-state index is 12.0. The highest BCUT2D eigenvalue weighted by Crippen LogP contribution is 2.36. The van der Waals surface area contributed by atoms with E-state index in [0.29, 0.717) is 5.69 Å². The van der Waals surface area contributed by atoms with Gasteiger partial charge in [0.15, 0.2) is 0 Å². The van der Waals surface area contributed by atoms with E-state index in [-0.39, 0.29) is 5.91 Å². The average molecular weight is 330 g/mol. The fourth-order valence-corrected chi connectivity index (χ4v) is 3.91. The number of carbonyl (C=O) groups is 1. The van der Waals surface area contributed by atoms with E-state index in [4.69, 9.17) is 0 Å². The molecule has 0 spiro atoms. The Labute approximate surface area is 136 Å². The summed E-state index contributed by atoms with van der Waals surface area (Å²) in [6, 6.07) is 3.88. The molecule has 7 heteroatoms. The van der Waals surface area contributed by atoms with Gasteiger partial charge in [0.1, 0.15) is 15.7 Å². The van der Waals surface area contributed by atoms with Gasteiger partial charge in [0, 0.05) is 37.4 Å². The molecule has 1 amide bonds. The lowest BCUT2D eigenvalue weighted by molar-refractivity contribution is 0.0823. The fraction of sp³-hybridized carbons (Fsp3) is 0.200. The number of hydrogen-bond acceptors (Lipinski definition) is 6. The summed E-state index contributed by atoms with van der Waals surface area (Å²) in [5, 5.41) is 3.53. The molecule has 22 heavy (non-hydrogen) atoms. The summed E-state index contributed by atoms with van der Waals surface area (Å²) in [6.07, 6.45) is 3.54. The summed E-state index contributed by atoms with van der Waals surface area (Å²) >= 11 is 3.04. The summed E-state index contributed by atoms with van der Waals surface area (Å²) < 4.78 is 0. The van der Waals surface area contributed by atoms with Crippen LogP contribution in [0.4, 0.5) is 0 Å². The Morgan fingerprint density at radius 1 is 1.23 bits per heavy atom. The second-order valence-electron chi connectivity index (χ2n) is 4.91. The number of aryl methyl sites for hydroxylation is 1. The average Bonchev–Trinajstić information content (AvgIpc) is 3.13. The van der Waals surface area contributed by atoms with Crippen LogP contribution in [0, 0.1) is 6.92 Å². The molecule has 112 valence electrons. The molecule has 3 aromatic heterocycles. The number of rotatable bonds is 3. The molecule has 0 unspecified atom stereocenters. The van der Waals surface area contributed by atoms with Crippen LogP contribution >= 0.6 is 22.7 Å². The number of amides is 1. The van der Waals surface area contributed by atoms with E-state index >= 15 is 0 Å². The minimum absolute atomic E-state index is 0.0860. The Bertz CT molecular complexity index is 808. The highest BCUT2D eigenvalue weighted by atomic mass is 32.1. The number of nitrogens with zero attached hydrogens (tertiary/aromatic N) is 4. The molecule has 0 aromatic carbocycles. The van der Waals surface area contributed by atoms with E-state index in [1.54, 1.807) is 43.2 Å². The van der Waals surface area contributed by atoms with E-state index in [9.17, 15) is 4.79 Å². The second kappa shape index (κ2) is 5.94. The van der Waals surface area contributed by atoms with Gasteiger partial charge in [-0.05, 0) is 19.1 Å². The summed E-state index contributed by atoms with van der Waals surface area (Å²) in [6.45, 7) is 1.96. The lowest BCUT2D eigenvalue weighted by Crippen LogP contribution is -2.21. The highest BCUT2D eigenvalue weighted by Gasteiger charge is 2.17. The Hall–Kier alpha value is -2.12. The van der Waals surface area contributed by atoms with Gasteiger partial charge in [0.05, 0.1) is 10.6 Å². The van der Waals surface area contributed by atoms with Crippen molar-refractivity contribution in [2.24, 2.45) is 0 Å². The van der Waals surface area contributed by atoms with E-state index in [2.05, 4.69) is 15.0 Å². The van der Waals surface area contributed by atoms with Crippen LogP contribution in [0.2, 0.25) is 0 Å². The molecule has 3 heterocycles. The molecule has 3 aromatic rings. The monoisotopic (exact) mass is 330 g/mol. The van der Waals surface area contributed by atoms with Gasteiger partial charge in [0.25, 0.3) is 5.91 Å². The molecule has 5 nitrogen and oxygen atoms in total. The second-order valence-corrected chi connectivity index (χ2v) is 6.77. The van der Waals surface area contributed by atoms with Gasteiger partial charge in [-0.1, -0.05) is 0 Å². The molecule has 0 radical (unpaired) electrons. The van der Waals surface area contributed by atoms with Crippen LogP contribution in [0.25, 0.3) is 20.5 Å². The number of pyridine rings is 1. The van der Waals surface area contributed by atoms with Crippen LogP contribution in [0.15, 0.2) is 29.9 Å². The quantitative estimate of drug-likeness (QED) is 0.739. The first-order valence-corrected chi connectivity index (χ1v) is 8.31. The molecule has 0 aliphatic carbocycles. The van der Waals surface area contributed by atoms with Crippen molar-refractivity contribution in [3.8, 4) is 20.5 Å². The largest absolute Gasteiger partial charge is 0.343 e. The van der Waals surface area contributed by atoms with Gasteiger partial charge in [-0.2, -0.15) is 0 Å². The Kier molecular flexibility index (Phi) is 4.00. The lowest BCUT2D eigenvalue weighted by atomic mass is 10.3. The normalized spacial score (nSPS) is 10.7. The van der Waals surface area contributed by atoms with E-state index in [1.165, 1.54) is 16.2 Å². The minimum Gasteiger partial charge on any atom is -0.343 e. The molecule has 0 N–H and O–H groups in total. The summed E-state index contributed by atoms with van der Waals surface area (Å²) in [4.78, 5) is 27.6. The minimum atomic E-state index is -0.0860. The van der Waals surface area contributed by atoms with E-state index in [0.717, 1.165) is 26.1 Å². The molecule has 0 aliphatic rings. The summed E-state index contributed by atoms with van der Waals surface area (Å²) in [5.74, 6) is -0.0860. The highest BCUT2D eigenvalue weighted by molar-refractivity contribution is 7.23. The van der Waals surface area contributed by atoms with Crippen molar-refractivity contribution in [1.29, 1.82) is 0 Å². The topological polar surface area (TPSA) is 59.0 Å². The van der Waals surface area contributed by atoms with Crippen molar-refractivity contribution in [2.75, 3.05) is 14.1 Å². The van der Waals surface area contributed by atoms with Gasteiger partial charge in [-0.25, -0.2) is 9.97 Å². The zero-order valence-corrected chi connectivity index (χ0v) is 14.0. The first-order valence-electron chi connectivity index (χ1n) is 6.61. The van der Waals surface area contributed by atoms with Crippen LogP contribution in [0.5, 0.6) is 0 Å². The first-order chi connectivity index (χ1) is 10.6. The van der Waals surface area contributed by atoms with Crippen LogP contribution in [0.1, 0.15) is 16.2 Å². The summed E-state index contributed by atoms with van der Waals surface area (Å²) in [5.41, 5.74) is 2.38. The third kappa shape index (κ3) is 2.77. The Balaban J connectivity index is 1.96.